The third-order valence-corrected chi connectivity index (χ3v) is 3.97. The fourth-order valence-electron chi connectivity index (χ4n) is 2.57. The molecule has 0 N–H and O–H groups in total. The summed E-state index contributed by atoms with van der Waals surface area (Å²) in [6.45, 7) is 3.23. The molecule has 0 unspecified atom stereocenters. The summed E-state index contributed by atoms with van der Waals surface area (Å²) in [5, 5.41) is 4.05. The van der Waals surface area contributed by atoms with Crippen LogP contribution >= 0.6 is 0 Å². The molecule has 2 aromatic rings. The minimum absolute atomic E-state index is 0.221. The minimum Gasteiger partial charge on any atom is -0.497 e. The van der Waals surface area contributed by atoms with E-state index in [0.29, 0.717) is 18.4 Å². The zero-order chi connectivity index (χ0) is 16.9. The maximum absolute atomic E-state index is 11.3. The van der Waals surface area contributed by atoms with Crippen LogP contribution in [0.25, 0.3) is 11.4 Å². The molecular formula is C16H20N4O4. The lowest BCUT2D eigenvalue weighted by atomic mass is 10.2. The van der Waals surface area contributed by atoms with E-state index >= 15 is 0 Å². The van der Waals surface area contributed by atoms with E-state index in [1.54, 1.807) is 7.11 Å². The van der Waals surface area contributed by atoms with Gasteiger partial charge in [0.1, 0.15) is 5.75 Å². The number of rotatable bonds is 5. The van der Waals surface area contributed by atoms with Crippen molar-refractivity contribution in [2.45, 2.75) is 0 Å². The van der Waals surface area contributed by atoms with Gasteiger partial charge in [-0.3, -0.25) is 9.69 Å². The van der Waals surface area contributed by atoms with E-state index in [4.69, 9.17) is 14.0 Å². The minimum atomic E-state index is -0.221. The number of benzene rings is 1. The van der Waals surface area contributed by atoms with Gasteiger partial charge in [-0.1, -0.05) is 17.3 Å². The molecule has 8 heteroatoms. The molecule has 0 aliphatic carbocycles. The second-order valence-corrected chi connectivity index (χ2v) is 5.47. The molecule has 0 saturated carbocycles. The fraction of sp³-hybridized carbons (Fsp3) is 0.438. The molecule has 0 spiro atoms. The molecule has 3 rings (SSSR count). The number of carbonyl (C=O) groups is 1. The number of anilines is 1. The molecule has 0 radical (unpaired) electrons. The number of aromatic nitrogens is 2. The summed E-state index contributed by atoms with van der Waals surface area (Å²) in [5.74, 6) is 1.05. The van der Waals surface area contributed by atoms with E-state index < -0.39 is 0 Å². The number of esters is 1. The number of nitrogens with zero attached hydrogens (tertiary/aromatic N) is 4. The quantitative estimate of drug-likeness (QED) is 0.751. The Morgan fingerprint density at radius 1 is 1.25 bits per heavy atom. The molecule has 1 aliphatic rings. The van der Waals surface area contributed by atoms with Crippen LogP contribution < -0.4 is 9.64 Å². The molecule has 24 heavy (non-hydrogen) atoms. The second kappa shape index (κ2) is 7.31. The van der Waals surface area contributed by atoms with E-state index in [1.807, 2.05) is 34.1 Å². The van der Waals surface area contributed by atoms with Gasteiger partial charge in [0, 0.05) is 31.7 Å². The highest BCUT2D eigenvalue weighted by Crippen LogP contribution is 2.24. The Bertz CT molecular complexity index is 695. The van der Waals surface area contributed by atoms with Crippen LogP contribution in [-0.4, -0.2) is 68.0 Å². The van der Waals surface area contributed by atoms with Gasteiger partial charge in [-0.25, -0.2) is 0 Å². The van der Waals surface area contributed by atoms with Gasteiger partial charge in [-0.2, -0.15) is 4.98 Å². The largest absolute Gasteiger partial charge is 0.497 e. The first-order valence-electron chi connectivity index (χ1n) is 7.72. The maximum Gasteiger partial charge on any atom is 0.324 e. The summed E-state index contributed by atoms with van der Waals surface area (Å²) in [5.41, 5.74) is 0.841. The summed E-state index contributed by atoms with van der Waals surface area (Å²) in [6, 6.07) is 8.01. The number of hydrogen-bond donors (Lipinski definition) is 0. The number of hydrogen-bond acceptors (Lipinski definition) is 8. The van der Waals surface area contributed by atoms with E-state index in [-0.39, 0.29) is 5.97 Å². The fourth-order valence-corrected chi connectivity index (χ4v) is 2.57. The summed E-state index contributed by atoms with van der Waals surface area (Å²) >= 11 is 0. The Morgan fingerprint density at radius 2 is 2.04 bits per heavy atom. The number of carbonyl (C=O) groups excluding carboxylic acids is 1. The Balaban J connectivity index is 1.63. The molecule has 2 heterocycles. The Hall–Kier alpha value is -2.61. The maximum atomic E-state index is 11.3. The van der Waals surface area contributed by atoms with Crippen molar-refractivity contribution in [3.8, 4) is 17.1 Å². The first kappa shape index (κ1) is 16.3. The molecule has 8 nitrogen and oxygen atoms in total. The van der Waals surface area contributed by atoms with Crippen molar-refractivity contribution < 1.29 is 18.8 Å². The van der Waals surface area contributed by atoms with Crippen molar-refractivity contribution >= 4 is 12.0 Å². The highest BCUT2D eigenvalue weighted by molar-refractivity contribution is 5.71. The van der Waals surface area contributed by atoms with Crippen LogP contribution in [-0.2, 0) is 9.53 Å². The normalized spacial score (nSPS) is 15.3. The summed E-state index contributed by atoms with van der Waals surface area (Å²) < 4.78 is 15.3. The van der Waals surface area contributed by atoms with Crippen LogP contribution in [0.5, 0.6) is 5.75 Å². The lowest BCUT2D eigenvalue weighted by molar-refractivity contribution is -0.142. The van der Waals surface area contributed by atoms with Crippen LogP contribution in [0.1, 0.15) is 0 Å². The molecule has 0 bridgehead atoms. The summed E-state index contributed by atoms with van der Waals surface area (Å²) in [4.78, 5) is 19.8. The molecule has 1 saturated heterocycles. The average Bonchev–Trinajstić information content (AvgIpc) is 3.12. The van der Waals surface area contributed by atoms with Gasteiger partial charge in [-0.05, 0) is 12.1 Å². The van der Waals surface area contributed by atoms with Crippen molar-refractivity contribution in [1.82, 2.24) is 15.0 Å². The third kappa shape index (κ3) is 3.65. The van der Waals surface area contributed by atoms with Crippen LogP contribution in [0.15, 0.2) is 28.8 Å². The smallest absolute Gasteiger partial charge is 0.324 e. The van der Waals surface area contributed by atoms with Gasteiger partial charge in [-0.15, -0.1) is 0 Å². The van der Waals surface area contributed by atoms with Crippen LogP contribution in [0, 0.1) is 0 Å². The van der Waals surface area contributed by atoms with Gasteiger partial charge < -0.3 is 18.9 Å². The lowest BCUT2D eigenvalue weighted by Crippen LogP contribution is -2.48. The summed E-state index contributed by atoms with van der Waals surface area (Å²) in [6.07, 6.45) is 0. The van der Waals surface area contributed by atoms with Gasteiger partial charge in [0.15, 0.2) is 0 Å². The Kier molecular flexibility index (Phi) is 4.95. The van der Waals surface area contributed by atoms with E-state index in [1.165, 1.54) is 7.11 Å². The number of methoxy groups -OCH3 is 2. The van der Waals surface area contributed by atoms with Crippen LogP contribution in [0.3, 0.4) is 0 Å². The first-order chi connectivity index (χ1) is 11.7. The molecular weight excluding hydrogens is 312 g/mol. The van der Waals surface area contributed by atoms with Crippen molar-refractivity contribution in [1.29, 1.82) is 0 Å². The second-order valence-electron chi connectivity index (χ2n) is 5.47. The molecule has 1 aromatic heterocycles. The topological polar surface area (TPSA) is 80.9 Å². The molecule has 1 aromatic carbocycles. The SMILES string of the molecule is COC(=O)CN1CCN(c2nc(-c3cccc(OC)c3)no2)CC1. The van der Waals surface area contributed by atoms with Crippen molar-refractivity contribution in [3.05, 3.63) is 24.3 Å². The first-order valence-corrected chi connectivity index (χ1v) is 7.72. The van der Waals surface area contributed by atoms with E-state index in [2.05, 4.69) is 10.1 Å². The highest BCUT2D eigenvalue weighted by atomic mass is 16.5. The van der Waals surface area contributed by atoms with Gasteiger partial charge >= 0.3 is 12.0 Å². The van der Waals surface area contributed by atoms with Crippen molar-refractivity contribution in [2.75, 3.05) is 51.8 Å². The number of ether oxygens (including phenoxy) is 2. The van der Waals surface area contributed by atoms with Crippen molar-refractivity contribution in [3.63, 3.8) is 0 Å². The van der Waals surface area contributed by atoms with E-state index in [0.717, 1.165) is 37.5 Å². The van der Waals surface area contributed by atoms with Gasteiger partial charge in [0.05, 0.1) is 20.8 Å². The Labute approximate surface area is 139 Å². The predicted octanol–water partition coefficient (Wildman–Crippen LogP) is 1.04. The van der Waals surface area contributed by atoms with Crippen LogP contribution in [0.2, 0.25) is 0 Å². The molecule has 1 aliphatic heterocycles. The van der Waals surface area contributed by atoms with Gasteiger partial charge in [0.25, 0.3) is 0 Å². The molecule has 0 amide bonds. The van der Waals surface area contributed by atoms with Gasteiger partial charge in [0.2, 0.25) is 5.82 Å². The van der Waals surface area contributed by atoms with Crippen molar-refractivity contribution in [2.24, 2.45) is 0 Å². The standard InChI is InChI=1S/C16H20N4O4/c1-22-13-5-3-4-12(10-13)15-17-16(24-18-15)20-8-6-19(7-9-20)11-14(21)23-2/h3-5,10H,6-9,11H2,1-2H3. The zero-order valence-electron chi connectivity index (χ0n) is 13.8. The molecule has 1 fully saturated rings. The highest BCUT2D eigenvalue weighted by Gasteiger charge is 2.23. The molecule has 0 atom stereocenters. The third-order valence-electron chi connectivity index (χ3n) is 3.97. The average molecular weight is 332 g/mol. The lowest BCUT2D eigenvalue weighted by Gasteiger charge is -2.32. The predicted molar refractivity (Wildman–Crippen MR) is 87.0 cm³/mol. The number of piperazine rings is 1. The zero-order valence-corrected chi connectivity index (χ0v) is 13.8. The summed E-state index contributed by atoms with van der Waals surface area (Å²) in [7, 11) is 3.02. The monoisotopic (exact) mass is 332 g/mol. The Morgan fingerprint density at radius 3 is 2.75 bits per heavy atom. The van der Waals surface area contributed by atoms with Crippen LogP contribution in [0.4, 0.5) is 6.01 Å². The molecule has 128 valence electrons. The van der Waals surface area contributed by atoms with E-state index in [9.17, 15) is 4.79 Å².